The van der Waals surface area contributed by atoms with Crippen LogP contribution in [-0.4, -0.2) is 15.9 Å². The summed E-state index contributed by atoms with van der Waals surface area (Å²) in [5.41, 5.74) is 2.98. The lowest BCUT2D eigenvalue weighted by Gasteiger charge is -2.19. The molecule has 2 N–H and O–H groups in total. The molecule has 1 amide bonds. The van der Waals surface area contributed by atoms with Crippen LogP contribution in [0.5, 0.6) is 0 Å². The first-order valence-corrected chi connectivity index (χ1v) is 9.06. The van der Waals surface area contributed by atoms with Gasteiger partial charge >= 0.3 is 0 Å². The van der Waals surface area contributed by atoms with Gasteiger partial charge in [0.1, 0.15) is 6.04 Å². The number of hydrogen-bond donors (Lipinski definition) is 2. The van der Waals surface area contributed by atoms with E-state index in [2.05, 4.69) is 36.5 Å². The first kappa shape index (κ1) is 18.2. The minimum absolute atomic E-state index is 0.0750. The van der Waals surface area contributed by atoms with Crippen molar-refractivity contribution in [3.8, 4) is 0 Å². The van der Waals surface area contributed by atoms with Crippen molar-refractivity contribution in [1.82, 2.24) is 20.6 Å². The molecule has 0 saturated carbocycles. The summed E-state index contributed by atoms with van der Waals surface area (Å²) in [4.78, 5) is 20.8. The van der Waals surface area contributed by atoms with Crippen molar-refractivity contribution in [3.63, 3.8) is 0 Å². The minimum atomic E-state index is -0.456. The Labute approximate surface area is 161 Å². The fourth-order valence-corrected chi connectivity index (χ4v) is 2.98. The Bertz CT molecular complexity index is 843. The van der Waals surface area contributed by atoms with E-state index < -0.39 is 6.04 Å². The van der Waals surface area contributed by atoms with E-state index in [1.165, 1.54) is 0 Å². The number of hydrogen-bond acceptors (Lipinski definition) is 4. The maximum atomic E-state index is 12.8. The van der Waals surface area contributed by atoms with Gasteiger partial charge in [-0.2, -0.15) is 0 Å². The van der Waals surface area contributed by atoms with E-state index in [1.54, 1.807) is 24.8 Å². The van der Waals surface area contributed by atoms with Gasteiger partial charge in [-0.15, -0.1) is 0 Å². The van der Waals surface area contributed by atoms with Crippen molar-refractivity contribution in [2.45, 2.75) is 19.1 Å². The molecule has 0 spiro atoms. The van der Waals surface area contributed by atoms with Gasteiger partial charge in [-0.05, 0) is 53.1 Å². The molecule has 2 aromatic heterocycles. The van der Waals surface area contributed by atoms with Crippen molar-refractivity contribution < 1.29 is 4.79 Å². The highest BCUT2D eigenvalue weighted by molar-refractivity contribution is 9.10. The predicted molar refractivity (Wildman–Crippen MR) is 104 cm³/mol. The van der Waals surface area contributed by atoms with Crippen LogP contribution in [0.15, 0.2) is 77.8 Å². The molecule has 132 valence electrons. The van der Waals surface area contributed by atoms with Gasteiger partial charge < -0.3 is 5.32 Å². The number of benzene rings is 1. The van der Waals surface area contributed by atoms with Crippen LogP contribution in [0, 0.1) is 0 Å². The summed E-state index contributed by atoms with van der Waals surface area (Å²) in [5.74, 6) is -0.0750. The molecule has 3 aromatic rings. The van der Waals surface area contributed by atoms with E-state index >= 15 is 0 Å². The predicted octanol–water partition coefficient (Wildman–Crippen LogP) is 3.39. The van der Waals surface area contributed by atoms with Gasteiger partial charge in [-0.3, -0.25) is 20.1 Å². The molecule has 0 bridgehead atoms. The largest absolute Gasteiger partial charge is 0.350 e. The summed E-state index contributed by atoms with van der Waals surface area (Å²) < 4.78 is 0.938. The molecule has 0 aliphatic rings. The third-order valence-electron chi connectivity index (χ3n) is 3.92. The number of nitrogens with zero attached hydrogens (tertiary/aromatic N) is 2. The van der Waals surface area contributed by atoms with Crippen LogP contribution in [0.4, 0.5) is 0 Å². The summed E-state index contributed by atoms with van der Waals surface area (Å²) in [5, 5.41) is 6.34. The Hall–Kier alpha value is -2.57. The summed E-state index contributed by atoms with van der Waals surface area (Å²) in [6.45, 7) is 1.03. The van der Waals surface area contributed by atoms with Crippen molar-refractivity contribution in [1.29, 1.82) is 0 Å². The lowest BCUT2D eigenvalue weighted by Crippen LogP contribution is -2.37. The lowest BCUT2D eigenvalue weighted by atomic mass is 10.1. The molecular weight excluding hydrogens is 392 g/mol. The summed E-state index contributed by atoms with van der Waals surface area (Å²) in [6.07, 6.45) is 6.92. The zero-order chi connectivity index (χ0) is 18.2. The van der Waals surface area contributed by atoms with Gasteiger partial charge in [0.15, 0.2) is 0 Å². The smallest absolute Gasteiger partial charge is 0.242 e. The van der Waals surface area contributed by atoms with Crippen molar-refractivity contribution in [2.24, 2.45) is 0 Å². The summed E-state index contributed by atoms with van der Waals surface area (Å²) in [7, 11) is 0. The Morgan fingerprint density at radius 3 is 2.15 bits per heavy atom. The number of halogens is 1. The molecule has 0 radical (unpaired) electrons. The average molecular weight is 411 g/mol. The number of carbonyl (C=O) groups is 1. The Morgan fingerprint density at radius 2 is 1.54 bits per heavy atom. The minimum Gasteiger partial charge on any atom is -0.350 e. The molecule has 6 heteroatoms. The van der Waals surface area contributed by atoms with E-state index in [1.807, 2.05) is 48.5 Å². The van der Waals surface area contributed by atoms with E-state index in [0.717, 1.165) is 21.2 Å². The second kappa shape index (κ2) is 9.22. The van der Waals surface area contributed by atoms with E-state index in [4.69, 9.17) is 0 Å². The Morgan fingerprint density at radius 1 is 0.923 bits per heavy atom. The molecule has 0 aliphatic carbocycles. The molecule has 1 atom stereocenters. The van der Waals surface area contributed by atoms with Crippen LogP contribution in [0.3, 0.4) is 0 Å². The molecule has 0 aliphatic heterocycles. The van der Waals surface area contributed by atoms with Crippen LogP contribution in [-0.2, 0) is 17.9 Å². The third-order valence-corrected chi connectivity index (χ3v) is 4.41. The molecular formula is C20H19BrN4O. The van der Waals surface area contributed by atoms with Crippen LogP contribution < -0.4 is 10.6 Å². The number of carbonyl (C=O) groups excluding carboxylic acids is 1. The lowest BCUT2D eigenvalue weighted by molar-refractivity contribution is -0.123. The molecule has 3 rings (SSSR count). The maximum absolute atomic E-state index is 12.8. The first-order valence-electron chi connectivity index (χ1n) is 8.27. The van der Waals surface area contributed by atoms with Gasteiger partial charge in [-0.1, -0.05) is 28.1 Å². The molecule has 0 fully saturated rings. The van der Waals surface area contributed by atoms with Crippen LogP contribution >= 0.6 is 15.9 Å². The molecule has 2 heterocycles. The second-order valence-corrected chi connectivity index (χ2v) is 6.71. The van der Waals surface area contributed by atoms with Gasteiger partial charge in [0, 0.05) is 42.3 Å². The van der Waals surface area contributed by atoms with Crippen LogP contribution in [0.25, 0.3) is 0 Å². The van der Waals surface area contributed by atoms with Gasteiger partial charge in [0.25, 0.3) is 0 Å². The monoisotopic (exact) mass is 410 g/mol. The van der Waals surface area contributed by atoms with E-state index in [0.29, 0.717) is 13.1 Å². The Kier molecular flexibility index (Phi) is 6.46. The zero-order valence-corrected chi connectivity index (χ0v) is 15.7. The van der Waals surface area contributed by atoms with Crippen LogP contribution in [0.2, 0.25) is 0 Å². The highest BCUT2D eigenvalue weighted by atomic mass is 79.9. The Balaban J connectivity index is 1.72. The first-order chi connectivity index (χ1) is 12.7. The third kappa shape index (κ3) is 5.21. The second-order valence-electron chi connectivity index (χ2n) is 5.80. The molecule has 1 unspecified atom stereocenters. The van der Waals surface area contributed by atoms with Crippen LogP contribution in [0.1, 0.15) is 22.7 Å². The van der Waals surface area contributed by atoms with Crippen molar-refractivity contribution in [3.05, 3.63) is 94.5 Å². The number of pyridine rings is 2. The van der Waals surface area contributed by atoms with Crippen molar-refractivity contribution >= 4 is 21.8 Å². The number of nitrogens with one attached hydrogen (secondary N) is 2. The number of aromatic nitrogens is 2. The molecule has 26 heavy (non-hydrogen) atoms. The van der Waals surface area contributed by atoms with Crippen molar-refractivity contribution in [2.75, 3.05) is 0 Å². The zero-order valence-electron chi connectivity index (χ0n) is 14.1. The maximum Gasteiger partial charge on any atom is 0.242 e. The van der Waals surface area contributed by atoms with Gasteiger partial charge in [0.05, 0.1) is 0 Å². The fraction of sp³-hybridized carbons (Fsp3) is 0.150. The number of rotatable bonds is 7. The summed E-state index contributed by atoms with van der Waals surface area (Å²) >= 11 is 3.48. The van der Waals surface area contributed by atoms with Gasteiger partial charge in [0.2, 0.25) is 5.91 Å². The van der Waals surface area contributed by atoms with Gasteiger partial charge in [-0.25, -0.2) is 0 Å². The average Bonchev–Trinajstić information content (AvgIpc) is 2.68. The molecule has 1 aromatic carbocycles. The molecule has 0 saturated heterocycles. The standard InChI is InChI=1S/C20H19BrN4O/c21-18-3-1-2-17(12-18)19(24-13-15-4-8-22-9-5-15)20(26)25-14-16-6-10-23-11-7-16/h1-12,19,24H,13-14H2,(H,25,26). The molecule has 5 nitrogen and oxygen atoms in total. The summed E-state index contributed by atoms with van der Waals surface area (Å²) in [6, 6.07) is 15.0. The number of amides is 1. The topological polar surface area (TPSA) is 66.9 Å². The normalized spacial score (nSPS) is 11.7. The highest BCUT2D eigenvalue weighted by Crippen LogP contribution is 2.19. The highest BCUT2D eigenvalue weighted by Gasteiger charge is 2.20. The van der Waals surface area contributed by atoms with E-state index in [9.17, 15) is 4.79 Å². The fourth-order valence-electron chi connectivity index (χ4n) is 2.56. The SMILES string of the molecule is O=C(NCc1ccncc1)C(NCc1ccncc1)c1cccc(Br)c1. The quantitative estimate of drug-likeness (QED) is 0.626. The van der Waals surface area contributed by atoms with E-state index in [-0.39, 0.29) is 5.91 Å².